The molecule has 0 amide bonds. The van der Waals surface area contributed by atoms with Crippen LogP contribution in [0.25, 0.3) is 23.1 Å². The molecule has 25 heavy (non-hydrogen) atoms. The molecule has 1 atom stereocenters. The van der Waals surface area contributed by atoms with Crippen molar-refractivity contribution in [2.75, 3.05) is 13.2 Å². The van der Waals surface area contributed by atoms with Gasteiger partial charge in [-0.25, -0.2) is 14.4 Å². The van der Waals surface area contributed by atoms with Crippen molar-refractivity contribution in [3.05, 3.63) is 42.0 Å². The van der Waals surface area contributed by atoms with Crippen LogP contribution in [0.5, 0.6) is 5.75 Å². The highest BCUT2D eigenvalue weighted by molar-refractivity contribution is 5.56. The number of rotatable bonds is 4. The highest BCUT2D eigenvalue weighted by atomic mass is 19.1. The van der Waals surface area contributed by atoms with Crippen LogP contribution in [-0.4, -0.2) is 39.4 Å². The molecule has 0 spiro atoms. The molecular formula is C17H15FN4O3. The third-order valence-electron chi connectivity index (χ3n) is 3.72. The lowest BCUT2D eigenvalue weighted by molar-refractivity contribution is 0.141. The number of nitrogens with zero attached hydrogens (tertiary/aromatic N) is 4. The van der Waals surface area contributed by atoms with Crippen molar-refractivity contribution >= 4 is 0 Å². The Morgan fingerprint density at radius 3 is 2.88 bits per heavy atom. The maximum atomic E-state index is 13.0. The molecule has 1 fully saturated rings. The molecule has 0 aromatic carbocycles. The molecule has 128 valence electrons. The molecule has 0 radical (unpaired) electrons. The Morgan fingerprint density at radius 2 is 2.12 bits per heavy atom. The summed E-state index contributed by atoms with van der Waals surface area (Å²) in [6, 6.07) is 6.38. The van der Waals surface area contributed by atoms with Gasteiger partial charge in [0.1, 0.15) is 29.1 Å². The van der Waals surface area contributed by atoms with E-state index in [0.717, 1.165) is 18.3 Å². The van der Waals surface area contributed by atoms with Gasteiger partial charge in [-0.1, -0.05) is 5.16 Å². The third-order valence-corrected chi connectivity index (χ3v) is 3.72. The Morgan fingerprint density at radius 1 is 1.20 bits per heavy atom. The van der Waals surface area contributed by atoms with Gasteiger partial charge in [0.2, 0.25) is 5.82 Å². The lowest BCUT2D eigenvalue weighted by atomic mass is 10.2. The van der Waals surface area contributed by atoms with Crippen molar-refractivity contribution in [2.45, 2.75) is 19.4 Å². The van der Waals surface area contributed by atoms with Gasteiger partial charge >= 0.3 is 0 Å². The van der Waals surface area contributed by atoms with Gasteiger partial charge in [0.15, 0.2) is 0 Å². The zero-order chi connectivity index (χ0) is 17.2. The molecule has 4 rings (SSSR count). The van der Waals surface area contributed by atoms with Crippen LogP contribution in [-0.2, 0) is 4.74 Å². The van der Waals surface area contributed by atoms with Gasteiger partial charge in [0.25, 0.3) is 5.89 Å². The minimum atomic E-state index is -0.429. The Kier molecular flexibility index (Phi) is 4.10. The standard InChI is InChI=1S/C17H15FN4O3/c1-10-6-13(24-12-4-5-23-9-12)7-15(20-10)16-21-17(25-22-16)14-3-2-11(18)8-19-14/h2-3,6-8,12H,4-5,9H2,1H3/t12-/m1/s1. The summed E-state index contributed by atoms with van der Waals surface area (Å²) in [7, 11) is 0. The fourth-order valence-electron chi connectivity index (χ4n) is 2.55. The molecule has 3 aromatic rings. The average Bonchev–Trinajstić information content (AvgIpc) is 3.27. The van der Waals surface area contributed by atoms with Crippen LogP contribution < -0.4 is 4.74 Å². The summed E-state index contributed by atoms with van der Waals surface area (Å²) < 4.78 is 29.4. The number of aromatic nitrogens is 4. The Bertz CT molecular complexity index is 876. The van der Waals surface area contributed by atoms with E-state index in [1.54, 1.807) is 6.07 Å². The first-order valence-electron chi connectivity index (χ1n) is 7.86. The third kappa shape index (κ3) is 3.48. The summed E-state index contributed by atoms with van der Waals surface area (Å²) in [5, 5.41) is 3.94. The maximum absolute atomic E-state index is 13.0. The normalized spacial score (nSPS) is 17.0. The van der Waals surface area contributed by atoms with Gasteiger partial charge in [-0.2, -0.15) is 4.98 Å². The van der Waals surface area contributed by atoms with Crippen LogP contribution in [0.3, 0.4) is 0 Å². The second-order valence-electron chi connectivity index (χ2n) is 5.72. The predicted octanol–water partition coefficient (Wildman–Crippen LogP) is 2.81. The minimum Gasteiger partial charge on any atom is -0.488 e. The summed E-state index contributed by atoms with van der Waals surface area (Å²) in [5.74, 6) is 0.771. The van der Waals surface area contributed by atoms with E-state index in [9.17, 15) is 4.39 Å². The van der Waals surface area contributed by atoms with Gasteiger partial charge in [-0.15, -0.1) is 0 Å². The summed E-state index contributed by atoms with van der Waals surface area (Å²) in [5.41, 5.74) is 1.70. The zero-order valence-electron chi connectivity index (χ0n) is 13.5. The molecule has 0 bridgehead atoms. The van der Waals surface area contributed by atoms with E-state index in [1.165, 1.54) is 12.1 Å². The second kappa shape index (κ2) is 6.56. The summed E-state index contributed by atoms with van der Waals surface area (Å²) in [6.45, 7) is 3.16. The van der Waals surface area contributed by atoms with Crippen LogP contribution >= 0.6 is 0 Å². The first-order chi connectivity index (χ1) is 12.2. The first-order valence-corrected chi connectivity index (χ1v) is 7.86. The van der Waals surface area contributed by atoms with E-state index in [2.05, 4.69) is 20.1 Å². The Hall–Kier alpha value is -2.87. The molecule has 0 saturated carbocycles. The van der Waals surface area contributed by atoms with Gasteiger partial charge in [0, 0.05) is 24.2 Å². The van der Waals surface area contributed by atoms with E-state index >= 15 is 0 Å². The number of aryl methyl sites for hydroxylation is 1. The number of ether oxygens (including phenoxy) is 2. The Balaban J connectivity index is 1.61. The van der Waals surface area contributed by atoms with E-state index < -0.39 is 5.82 Å². The smallest absolute Gasteiger partial charge is 0.276 e. The molecule has 0 N–H and O–H groups in total. The van der Waals surface area contributed by atoms with E-state index in [4.69, 9.17) is 14.0 Å². The maximum Gasteiger partial charge on any atom is 0.276 e. The summed E-state index contributed by atoms with van der Waals surface area (Å²) in [6.07, 6.45) is 2.00. The SMILES string of the molecule is Cc1cc(O[C@@H]2CCOC2)cc(-c2noc(-c3ccc(F)cn3)n2)n1. The molecule has 0 aliphatic carbocycles. The average molecular weight is 342 g/mol. The molecule has 8 heteroatoms. The van der Waals surface area contributed by atoms with Crippen molar-refractivity contribution < 1.29 is 18.4 Å². The van der Waals surface area contributed by atoms with E-state index in [0.29, 0.717) is 36.2 Å². The van der Waals surface area contributed by atoms with Crippen LogP contribution in [0.1, 0.15) is 12.1 Å². The van der Waals surface area contributed by atoms with Gasteiger partial charge in [-0.05, 0) is 19.1 Å². The predicted molar refractivity (Wildman–Crippen MR) is 85.3 cm³/mol. The Labute approximate surface area is 142 Å². The fraction of sp³-hybridized carbons (Fsp3) is 0.294. The van der Waals surface area contributed by atoms with E-state index in [1.807, 2.05) is 13.0 Å². The quantitative estimate of drug-likeness (QED) is 0.721. The fourth-order valence-corrected chi connectivity index (χ4v) is 2.55. The minimum absolute atomic E-state index is 0.0406. The van der Waals surface area contributed by atoms with Crippen LogP contribution in [0.2, 0.25) is 0 Å². The van der Waals surface area contributed by atoms with Crippen LogP contribution in [0.4, 0.5) is 4.39 Å². The topological polar surface area (TPSA) is 83.2 Å². The molecule has 7 nitrogen and oxygen atoms in total. The number of pyridine rings is 2. The van der Waals surface area contributed by atoms with Crippen molar-refractivity contribution in [1.29, 1.82) is 0 Å². The summed E-state index contributed by atoms with van der Waals surface area (Å²) in [4.78, 5) is 12.6. The van der Waals surface area contributed by atoms with E-state index in [-0.39, 0.29) is 12.0 Å². The van der Waals surface area contributed by atoms with Crippen molar-refractivity contribution in [3.63, 3.8) is 0 Å². The van der Waals surface area contributed by atoms with Gasteiger partial charge in [-0.3, -0.25) is 0 Å². The zero-order valence-corrected chi connectivity index (χ0v) is 13.5. The molecule has 4 heterocycles. The monoisotopic (exact) mass is 342 g/mol. The highest BCUT2D eigenvalue weighted by Crippen LogP contribution is 2.25. The first kappa shape index (κ1) is 15.6. The lowest BCUT2D eigenvalue weighted by Gasteiger charge is -2.12. The number of hydrogen-bond donors (Lipinski definition) is 0. The van der Waals surface area contributed by atoms with Crippen molar-refractivity contribution in [1.82, 2.24) is 20.1 Å². The molecule has 0 unspecified atom stereocenters. The van der Waals surface area contributed by atoms with Crippen molar-refractivity contribution in [2.24, 2.45) is 0 Å². The van der Waals surface area contributed by atoms with Crippen molar-refractivity contribution in [3.8, 4) is 28.9 Å². The largest absolute Gasteiger partial charge is 0.488 e. The molecular weight excluding hydrogens is 327 g/mol. The number of hydrogen-bond acceptors (Lipinski definition) is 7. The van der Waals surface area contributed by atoms with Crippen LogP contribution in [0, 0.1) is 12.7 Å². The van der Waals surface area contributed by atoms with Gasteiger partial charge < -0.3 is 14.0 Å². The summed E-state index contributed by atoms with van der Waals surface area (Å²) >= 11 is 0. The van der Waals surface area contributed by atoms with Crippen LogP contribution in [0.15, 0.2) is 35.0 Å². The lowest BCUT2D eigenvalue weighted by Crippen LogP contribution is -2.15. The molecule has 1 saturated heterocycles. The molecule has 1 aliphatic rings. The second-order valence-corrected chi connectivity index (χ2v) is 5.72. The van der Waals surface area contributed by atoms with Gasteiger partial charge in [0.05, 0.1) is 19.4 Å². The molecule has 3 aromatic heterocycles. The molecule has 1 aliphatic heterocycles. The highest BCUT2D eigenvalue weighted by Gasteiger charge is 2.19. The number of halogens is 1.